The van der Waals surface area contributed by atoms with E-state index in [1.54, 1.807) is 12.4 Å². The van der Waals surface area contributed by atoms with Gasteiger partial charge in [0.25, 0.3) is 5.91 Å². The second-order valence-electron chi connectivity index (χ2n) is 7.48. The number of H-pyrrole nitrogens is 2. The van der Waals surface area contributed by atoms with Gasteiger partial charge in [0.05, 0.1) is 6.20 Å². The molecular formula is C24H22N8O. The zero-order chi connectivity index (χ0) is 22.6. The Morgan fingerprint density at radius 3 is 2.64 bits per heavy atom. The fourth-order valence-corrected chi connectivity index (χ4v) is 3.54. The minimum absolute atomic E-state index is 0.181. The Labute approximate surface area is 189 Å². The summed E-state index contributed by atoms with van der Waals surface area (Å²) < 4.78 is 0. The van der Waals surface area contributed by atoms with Crippen molar-refractivity contribution in [3.8, 4) is 22.5 Å². The largest absolute Gasteiger partial charge is 0.351 e. The van der Waals surface area contributed by atoms with E-state index < -0.39 is 0 Å². The van der Waals surface area contributed by atoms with Crippen molar-refractivity contribution in [2.75, 3.05) is 18.4 Å². The quantitative estimate of drug-likeness (QED) is 0.264. The zero-order valence-electron chi connectivity index (χ0n) is 17.7. The number of hydrogen-bond donors (Lipinski definition) is 5. The Morgan fingerprint density at radius 2 is 1.85 bits per heavy atom. The Hall–Kier alpha value is -4.50. The van der Waals surface area contributed by atoms with Crippen molar-refractivity contribution >= 4 is 28.3 Å². The van der Waals surface area contributed by atoms with Crippen LogP contribution in [0.5, 0.6) is 0 Å². The van der Waals surface area contributed by atoms with Crippen molar-refractivity contribution < 1.29 is 4.79 Å². The number of aromatic nitrogens is 5. The molecule has 0 fully saturated rings. The number of nitrogens with two attached hydrogens (primary N) is 1. The van der Waals surface area contributed by atoms with Crippen molar-refractivity contribution in [3.63, 3.8) is 0 Å². The van der Waals surface area contributed by atoms with Crippen LogP contribution in [0.1, 0.15) is 10.5 Å². The molecule has 0 saturated heterocycles. The Kier molecular flexibility index (Phi) is 5.52. The van der Waals surface area contributed by atoms with E-state index in [1.807, 2.05) is 60.8 Å². The molecule has 0 spiro atoms. The van der Waals surface area contributed by atoms with Crippen LogP contribution in [-0.4, -0.2) is 44.1 Å². The van der Waals surface area contributed by atoms with Crippen LogP contribution in [0.4, 0.5) is 11.5 Å². The smallest absolute Gasteiger partial charge is 0.267 e. The number of hydrogen-bond acceptors (Lipinski definition) is 6. The summed E-state index contributed by atoms with van der Waals surface area (Å²) in [6.07, 6.45) is 5.36. The summed E-state index contributed by atoms with van der Waals surface area (Å²) in [7, 11) is 0. The summed E-state index contributed by atoms with van der Waals surface area (Å²) in [4.78, 5) is 24.4. The Morgan fingerprint density at radius 1 is 1.00 bits per heavy atom. The highest BCUT2D eigenvalue weighted by Crippen LogP contribution is 2.25. The van der Waals surface area contributed by atoms with Gasteiger partial charge in [0.2, 0.25) is 0 Å². The van der Waals surface area contributed by atoms with E-state index in [0.29, 0.717) is 30.4 Å². The normalized spacial score (nSPS) is 10.9. The molecule has 0 atom stereocenters. The molecule has 0 aliphatic carbocycles. The SMILES string of the molecule is NCCNC(=O)c1cc2ccc(-c3nccc(Nc4ccc(-c5cn[nH]c5)cc4)n3)cc2[nH]1. The number of nitrogens with zero attached hydrogens (tertiary/aromatic N) is 3. The van der Waals surface area contributed by atoms with Gasteiger partial charge in [-0.05, 0) is 35.9 Å². The molecule has 9 heteroatoms. The second kappa shape index (κ2) is 8.93. The van der Waals surface area contributed by atoms with Crippen molar-refractivity contribution in [2.24, 2.45) is 5.73 Å². The molecule has 5 rings (SSSR count). The average Bonchev–Trinajstić information content (AvgIpc) is 3.53. The minimum atomic E-state index is -0.181. The van der Waals surface area contributed by atoms with Crippen LogP contribution in [0.2, 0.25) is 0 Å². The van der Waals surface area contributed by atoms with Crippen molar-refractivity contribution in [3.05, 3.63) is 78.9 Å². The summed E-state index contributed by atoms with van der Waals surface area (Å²) in [6, 6.07) is 17.5. The lowest BCUT2D eigenvalue weighted by Crippen LogP contribution is -2.29. The first-order valence-corrected chi connectivity index (χ1v) is 10.5. The predicted octanol–water partition coefficient (Wildman–Crippen LogP) is 3.45. The molecule has 33 heavy (non-hydrogen) atoms. The molecule has 2 aromatic carbocycles. The maximum atomic E-state index is 12.2. The van der Waals surface area contributed by atoms with Crippen molar-refractivity contribution in [2.45, 2.75) is 0 Å². The van der Waals surface area contributed by atoms with Gasteiger partial charge in [0, 0.05) is 53.2 Å². The molecule has 0 aliphatic heterocycles. The number of nitrogens with one attached hydrogen (secondary N) is 4. The van der Waals surface area contributed by atoms with Crippen LogP contribution >= 0.6 is 0 Å². The van der Waals surface area contributed by atoms with Gasteiger partial charge in [-0.25, -0.2) is 9.97 Å². The monoisotopic (exact) mass is 438 g/mol. The lowest BCUT2D eigenvalue weighted by atomic mass is 10.1. The van der Waals surface area contributed by atoms with Gasteiger partial charge in [-0.1, -0.05) is 24.3 Å². The molecule has 5 aromatic rings. The molecular weight excluding hydrogens is 416 g/mol. The van der Waals surface area contributed by atoms with E-state index in [1.165, 1.54) is 0 Å². The third-order valence-electron chi connectivity index (χ3n) is 5.20. The minimum Gasteiger partial charge on any atom is -0.351 e. The van der Waals surface area contributed by atoms with Crippen LogP contribution in [0.25, 0.3) is 33.4 Å². The van der Waals surface area contributed by atoms with Gasteiger partial charge >= 0.3 is 0 Å². The van der Waals surface area contributed by atoms with Crippen LogP contribution in [0.15, 0.2) is 73.2 Å². The summed E-state index contributed by atoms with van der Waals surface area (Å²) in [5.41, 5.74) is 10.7. The lowest BCUT2D eigenvalue weighted by molar-refractivity contribution is 0.0950. The molecule has 6 N–H and O–H groups in total. The molecule has 0 radical (unpaired) electrons. The van der Waals surface area contributed by atoms with E-state index in [2.05, 4.69) is 35.8 Å². The molecule has 0 aliphatic rings. The van der Waals surface area contributed by atoms with Gasteiger partial charge in [-0.3, -0.25) is 9.89 Å². The van der Waals surface area contributed by atoms with Gasteiger partial charge in [0.15, 0.2) is 5.82 Å². The number of fused-ring (bicyclic) bond motifs is 1. The fourth-order valence-electron chi connectivity index (χ4n) is 3.54. The first-order chi connectivity index (χ1) is 16.2. The number of carbonyl (C=O) groups excluding carboxylic acids is 1. The van der Waals surface area contributed by atoms with Gasteiger partial charge in [-0.2, -0.15) is 5.10 Å². The summed E-state index contributed by atoms with van der Waals surface area (Å²) in [5.74, 6) is 1.09. The van der Waals surface area contributed by atoms with Gasteiger partial charge in [-0.15, -0.1) is 0 Å². The molecule has 9 nitrogen and oxygen atoms in total. The molecule has 0 saturated carbocycles. The maximum absolute atomic E-state index is 12.2. The predicted molar refractivity (Wildman–Crippen MR) is 128 cm³/mol. The van der Waals surface area contributed by atoms with E-state index in [9.17, 15) is 4.79 Å². The maximum Gasteiger partial charge on any atom is 0.267 e. The highest BCUT2D eigenvalue weighted by atomic mass is 16.1. The van der Waals surface area contributed by atoms with Crippen molar-refractivity contribution in [1.29, 1.82) is 0 Å². The first-order valence-electron chi connectivity index (χ1n) is 10.5. The molecule has 3 aromatic heterocycles. The fraction of sp³-hybridized carbons (Fsp3) is 0.0833. The Bertz CT molecular complexity index is 1390. The molecule has 164 valence electrons. The van der Waals surface area contributed by atoms with E-state index >= 15 is 0 Å². The van der Waals surface area contributed by atoms with Crippen LogP contribution in [0.3, 0.4) is 0 Å². The molecule has 1 amide bonds. The number of aromatic amines is 2. The van der Waals surface area contributed by atoms with E-state index in [4.69, 9.17) is 5.73 Å². The molecule has 0 unspecified atom stereocenters. The number of amides is 1. The number of anilines is 2. The van der Waals surface area contributed by atoms with Crippen LogP contribution < -0.4 is 16.4 Å². The van der Waals surface area contributed by atoms with Crippen molar-refractivity contribution in [1.82, 2.24) is 30.5 Å². The lowest BCUT2D eigenvalue weighted by Gasteiger charge is -2.08. The second-order valence-corrected chi connectivity index (χ2v) is 7.48. The summed E-state index contributed by atoms with van der Waals surface area (Å²) in [6.45, 7) is 0.825. The number of benzene rings is 2. The molecule has 0 bridgehead atoms. The standard InChI is InChI=1S/C24H22N8O/c25-8-10-27-24(33)21-11-16-1-2-17(12-20(16)31-21)23-26-9-7-22(32-23)30-19-5-3-15(4-6-19)18-13-28-29-14-18/h1-7,9,11-14,31H,8,10,25H2,(H,27,33)(H,28,29)(H,26,30,32). The highest BCUT2D eigenvalue weighted by Gasteiger charge is 2.11. The zero-order valence-corrected chi connectivity index (χ0v) is 17.7. The van der Waals surface area contributed by atoms with Gasteiger partial charge in [0.1, 0.15) is 11.5 Å². The van der Waals surface area contributed by atoms with Crippen LogP contribution in [0, 0.1) is 0 Å². The first kappa shape index (κ1) is 20.4. The topological polar surface area (TPSA) is 137 Å². The van der Waals surface area contributed by atoms with E-state index in [0.717, 1.165) is 33.3 Å². The van der Waals surface area contributed by atoms with E-state index in [-0.39, 0.29) is 5.91 Å². The molecule has 3 heterocycles. The Balaban J connectivity index is 1.35. The highest BCUT2D eigenvalue weighted by molar-refractivity contribution is 5.98. The third kappa shape index (κ3) is 4.43. The van der Waals surface area contributed by atoms with Gasteiger partial charge < -0.3 is 21.4 Å². The number of rotatable bonds is 7. The third-order valence-corrected chi connectivity index (χ3v) is 5.20. The number of carbonyl (C=O) groups is 1. The summed E-state index contributed by atoms with van der Waals surface area (Å²) in [5, 5.41) is 13.8. The van der Waals surface area contributed by atoms with Crippen LogP contribution in [-0.2, 0) is 0 Å². The average molecular weight is 438 g/mol. The summed E-state index contributed by atoms with van der Waals surface area (Å²) >= 11 is 0.